The Kier molecular flexibility index (Phi) is 5.27. The molecule has 1 amide bonds. The molecule has 0 aromatic heterocycles. The summed E-state index contributed by atoms with van der Waals surface area (Å²) in [6, 6.07) is 3.67. The molecule has 0 aliphatic heterocycles. The number of hydrogen-bond acceptors (Lipinski definition) is 3. The summed E-state index contributed by atoms with van der Waals surface area (Å²) in [5.74, 6) is -1.69. The Labute approximate surface area is 113 Å². The number of carbonyl (C=O) groups is 2. The fraction of sp³-hybridized carbons (Fsp3) is 0.333. The third-order valence-electron chi connectivity index (χ3n) is 2.15. The minimum absolute atomic E-state index is 0.0474. The Bertz CT molecular complexity index is 465. The summed E-state index contributed by atoms with van der Waals surface area (Å²) in [5.41, 5.74) is 0.0474. The Balaban J connectivity index is 2.76. The molecule has 0 fully saturated rings. The minimum atomic E-state index is -0.924. The van der Waals surface area contributed by atoms with Crippen LogP contribution in [0.4, 0.5) is 4.39 Å². The number of benzene rings is 1. The molecule has 1 N–H and O–H groups in total. The normalized spacial score (nSPS) is 11.8. The second-order valence-corrected chi connectivity index (χ2v) is 4.42. The largest absolute Gasteiger partial charge is 0.449 e. The summed E-state index contributed by atoms with van der Waals surface area (Å²) in [5, 5.41) is 2.53. The molecule has 0 radical (unpaired) electrons. The Hall–Kier alpha value is -1.43. The molecule has 0 aliphatic rings. The van der Waals surface area contributed by atoms with Crippen molar-refractivity contribution in [3.8, 4) is 0 Å². The number of amides is 1. The van der Waals surface area contributed by atoms with Gasteiger partial charge in [0.25, 0.3) is 5.91 Å². The molecular weight excluding hydrogens is 305 g/mol. The summed E-state index contributed by atoms with van der Waals surface area (Å²) in [7, 11) is 0. The van der Waals surface area contributed by atoms with Gasteiger partial charge in [-0.05, 0) is 48.0 Å². The highest BCUT2D eigenvalue weighted by atomic mass is 79.9. The smallest absolute Gasteiger partial charge is 0.340 e. The number of nitrogens with one attached hydrogen (secondary N) is 1. The lowest BCUT2D eigenvalue weighted by molar-refractivity contribution is -0.128. The monoisotopic (exact) mass is 317 g/mol. The van der Waals surface area contributed by atoms with E-state index in [1.165, 1.54) is 19.1 Å². The lowest BCUT2D eigenvalue weighted by Crippen LogP contribution is -2.35. The van der Waals surface area contributed by atoms with Crippen LogP contribution >= 0.6 is 15.9 Å². The van der Waals surface area contributed by atoms with Crippen LogP contribution in [-0.4, -0.2) is 24.5 Å². The Morgan fingerprint density at radius 2 is 2.17 bits per heavy atom. The highest BCUT2D eigenvalue weighted by Gasteiger charge is 2.20. The van der Waals surface area contributed by atoms with Crippen molar-refractivity contribution in [2.24, 2.45) is 0 Å². The van der Waals surface area contributed by atoms with Crippen LogP contribution in [0.2, 0.25) is 0 Å². The van der Waals surface area contributed by atoms with Crippen molar-refractivity contribution >= 4 is 27.8 Å². The molecule has 0 heterocycles. The lowest BCUT2D eigenvalue weighted by atomic mass is 10.2. The number of esters is 1. The number of carbonyl (C=O) groups excluding carboxylic acids is 2. The highest BCUT2D eigenvalue weighted by molar-refractivity contribution is 9.10. The van der Waals surface area contributed by atoms with E-state index in [9.17, 15) is 14.0 Å². The number of hydrogen-bond donors (Lipinski definition) is 1. The first-order valence-corrected chi connectivity index (χ1v) is 6.18. The van der Waals surface area contributed by atoms with E-state index in [-0.39, 0.29) is 5.56 Å². The average Bonchev–Trinajstić information content (AvgIpc) is 2.32. The molecule has 1 unspecified atom stereocenters. The topological polar surface area (TPSA) is 55.4 Å². The van der Waals surface area contributed by atoms with E-state index in [2.05, 4.69) is 21.2 Å². The molecule has 0 spiro atoms. The van der Waals surface area contributed by atoms with Gasteiger partial charge in [-0.1, -0.05) is 0 Å². The van der Waals surface area contributed by atoms with Gasteiger partial charge in [-0.3, -0.25) is 4.79 Å². The van der Waals surface area contributed by atoms with Crippen molar-refractivity contribution in [3.05, 3.63) is 34.1 Å². The standard InChI is InChI=1S/C12H13BrFNO3/c1-3-15-11(16)7(2)18-12(17)9-6-8(14)4-5-10(9)13/h4-7H,3H2,1-2H3,(H,15,16). The van der Waals surface area contributed by atoms with Crippen LogP contribution in [0.1, 0.15) is 24.2 Å². The van der Waals surface area contributed by atoms with Gasteiger partial charge in [0.15, 0.2) is 6.10 Å². The van der Waals surface area contributed by atoms with Gasteiger partial charge in [0.2, 0.25) is 0 Å². The van der Waals surface area contributed by atoms with Crippen LogP contribution in [0.5, 0.6) is 0 Å². The predicted octanol–water partition coefficient (Wildman–Crippen LogP) is 2.27. The van der Waals surface area contributed by atoms with Crippen molar-refractivity contribution in [2.45, 2.75) is 20.0 Å². The molecule has 0 saturated carbocycles. The molecule has 1 rings (SSSR count). The molecule has 4 nitrogen and oxygen atoms in total. The fourth-order valence-corrected chi connectivity index (χ4v) is 1.66. The summed E-state index contributed by atoms with van der Waals surface area (Å²) < 4.78 is 18.4. The van der Waals surface area contributed by atoms with E-state index in [1.54, 1.807) is 6.92 Å². The zero-order valence-electron chi connectivity index (χ0n) is 10.00. The maximum Gasteiger partial charge on any atom is 0.340 e. The van der Waals surface area contributed by atoms with Crippen LogP contribution in [0.15, 0.2) is 22.7 Å². The van der Waals surface area contributed by atoms with Crippen LogP contribution in [0.3, 0.4) is 0 Å². The van der Waals surface area contributed by atoms with Gasteiger partial charge in [0.1, 0.15) is 5.82 Å². The summed E-state index contributed by atoms with van der Waals surface area (Å²) >= 11 is 3.12. The van der Waals surface area contributed by atoms with Gasteiger partial charge < -0.3 is 10.1 Å². The summed E-state index contributed by atoms with van der Waals surface area (Å²) in [6.45, 7) is 3.66. The number of likely N-dealkylation sites (N-methyl/N-ethyl adjacent to an activating group) is 1. The molecule has 1 atom stereocenters. The van der Waals surface area contributed by atoms with Gasteiger partial charge in [0, 0.05) is 11.0 Å². The molecule has 1 aromatic rings. The van der Waals surface area contributed by atoms with Crippen LogP contribution < -0.4 is 5.32 Å². The summed E-state index contributed by atoms with van der Waals surface area (Å²) in [6.07, 6.45) is -0.924. The van der Waals surface area contributed by atoms with Crippen molar-refractivity contribution < 1.29 is 18.7 Å². The second-order valence-electron chi connectivity index (χ2n) is 3.57. The van der Waals surface area contributed by atoms with Crippen molar-refractivity contribution in [3.63, 3.8) is 0 Å². The maximum atomic E-state index is 13.0. The van der Waals surface area contributed by atoms with Crippen molar-refractivity contribution in [1.29, 1.82) is 0 Å². The van der Waals surface area contributed by atoms with E-state index in [4.69, 9.17) is 4.74 Å². The van der Waals surface area contributed by atoms with E-state index in [1.807, 2.05) is 0 Å². The van der Waals surface area contributed by atoms with E-state index >= 15 is 0 Å². The first-order chi connectivity index (χ1) is 8.45. The number of halogens is 2. The van der Waals surface area contributed by atoms with E-state index in [0.29, 0.717) is 11.0 Å². The van der Waals surface area contributed by atoms with Crippen molar-refractivity contribution in [1.82, 2.24) is 5.32 Å². The van der Waals surface area contributed by atoms with Gasteiger partial charge in [-0.25, -0.2) is 9.18 Å². The van der Waals surface area contributed by atoms with Gasteiger partial charge >= 0.3 is 5.97 Å². The first-order valence-electron chi connectivity index (χ1n) is 5.39. The molecule has 1 aromatic carbocycles. The highest BCUT2D eigenvalue weighted by Crippen LogP contribution is 2.19. The number of ether oxygens (including phenoxy) is 1. The quantitative estimate of drug-likeness (QED) is 0.867. The van der Waals surface area contributed by atoms with Gasteiger partial charge in [-0.15, -0.1) is 0 Å². The van der Waals surface area contributed by atoms with Crippen LogP contribution in [0, 0.1) is 5.82 Å². The Morgan fingerprint density at radius 3 is 2.78 bits per heavy atom. The maximum absolute atomic E-state index is 13.0. The third-order valence-corrected chi connectivity index (χ3v) is 2.84. The molecule has 0 bridgehead atoms. The van der Waals surface area contributed by atoms with E-state index in [0.717, 1.165) is 6.07 Å². The molecule has 6 heteroatoms. The summed E-state index contributed by atoms with van der Waals surface area (Å²) in [4.78, 5) is 23.1. The predicted molar refractivity (Wildman–Crippen MR) is 67.7 cm³/mol. The van der Waals surface area contributed by atoms with Gasteiger partial charge in [0.05, 0.1) is 5.56 Å². The van der Waals surface area contributed by atoms with E-state index < -0.39 is 23.8 Å². The van der Waals surface area contributed by atoms with Crippen LogP contribution in [0.25, 0.3) is 0 Å². The molecule has 0 saturated heterocycles. The third kappa shape index (κ3) is 3.80. The van der Waals surface area contributed by atoms with Crippen LogP contribution in [-0.2, 0) is 9.53 Å². The lowest BCUT2D eigenvalue weighted by Gasteiger charge is -2.13. The molecule has 18 heavy (non-hydrogen) atoms. The molecular formula is C12H13BrFNO3. The minimum Gasteiger partial charge on any atom is -0.449 e. The SMILES string of the molecule is CCNC(=O)C(C)OC(=O)c1cc(F)ccc1Br. The molecule has 98 valence electrons. The van der Waals surface area contributed by atoms with Crippen molar-refractivity contribution in [2.75, 3.05) is 6.54 Å². The Morgan fingerprint density at radius 1 is 1.50 bits per heavy atom. The molecule has 0 aliphatic carbocycles. The zero-order valence-corrected chi connectivity index (χ0v) is 11.6. The van der Waals surface area contributed by atoms with Gasteiger partial charge in [-0.2, -0.15) is 0 Å². The first kappa shape index (κ1) is 14.6. The second kappa shape index (κ2) is 6.49. The zero-order chi connectivity index (χ0) is 13.7. The average molecular weight is 318 g/mol. The number of rotatable bonds is 4. The fourth-order valence-electron chi connectivity index (χ4n) is 1.25.